The van der Waals surface area contributed by atoms with Crippen LogP contribution >= 0.6 is 15.9 Å². The normalized spacial score (nSPS) is 10.4. The minimum Gasteiger partial charge on any atom is -0.288 e. The van der Waals surface area contributed by atoms with E-state index in [4.69, 9.17) is 0 Å². The third-order valence-electron chi connectivity index (χ3n) is 1.90. The van der Waals surface area contributed by atoms with Crippen LogP contribution in [-0.2, 0) is 6.42 Å². The fourth-order valence-electron chi connectivity index (χ4n) is 1.26. The van der Waals surface area contributed by atoms with Crippen LogP contribution in [0.1, 0.15) is 12.7 Å². The zero-order valence-corrected chi connectivity index (χ0v) is 9.27. The van der Waals surface area contributed by atoms with Gasteiger partial charge in [0.1, 0.15) is 22.6 Å². The Morgan fingerprint density at radius 1 is 1.36 bits per heavy atom. The molecule has 0 saturated carbocycles. The molecule has 0 radical (unpaired) electrons. The van der Waals surface area contributed by atoms with Crippen LogP contribution in [0.5, 0.6) is 0 Å². The molecule has 0 aliphatic rings. The van der Waals surface area contributed by atoms with Gasteiger partial charge >= 0.3 is 0 Å². The van der Waals surface area contributed by atoms with E-state index in [1.54, 1.807) is 6.20 Å². The molecule has 14 heavy (non-hydrogen) atoms. The number of halogens is 1. The van der Waals surface area contributed by atoms with E-state index in [-0.39, 0.29) is 0 Å². The van der Waals surface area contributed by atoms with Gasteiger partial charge in [-0.05, 0) is 15.9 Å². The van der Waals surface area contributed by atoms with Gasteiger partial charge in [-0.3, -0.25) is 4.57 Å². The Morgan fingerprint density at radius 3 is 2.93 bits per heavy atom. The van der Waals surface area contributed by atoms with E-state index < -0.39 is 0 Å². The lowest BCUT2D eigenvalue weighted by Gasteiger charge is -2.04. The summed E-state index contributed by atoms with van der Waals surface area (Å²) in [4.78, 5) is 12.4. The van der Waals surface area contributed by atoms with Crippen LogP contribution in [-0.4, -0.2) is 19.5 Å². The molecule has 0 spiro atoms. The van der Waals surface area contributed by atoms with Crippen LogP contribution in [0, 0.1) is 0 Å². The van der Waals surface area contributed by atoms with E-state index in [1.165, 1.54) is 6.33 Å². The maximum Gasteiger partial charge on any atom is 0.142 e. The molecule has 5 heteroatoms. The molecule has 0 unspecified atom stereocenters. The SMILES string of the molecule is CCc1nccn1-c1cc(Br)ncn1. The van der Waals surface area contributed by atoms with Crippen molar-refractivity contribution in [3.63, 3.8) is 0 Å². The van der Waals surface area contributed by atoms with Crippen molar-refractivity contribution in [3.05, 3.63) is 35.2 Å². The second kappa shape index (κ2) is 3.88. The van der Waals surface area contributed by atoms with Crippen molar-refractivity contribution in [2.45, 2.75) is 13.3 Å². The van der Waals surface area contributed by atoms with E-state index >= 15 is 0 Å². The summed E-state index contributed by atoms with van der Waals surface area (Å²) >= 11 is 3.31. The molecule has 0 amide bonds. The number of hydrogen-bond donors (Lipinski definition) is 0. The van der Waals surface area contributed by atoms with Crippen molar-refractivity contribution in [3.8, 4) is 5.82 Å². The zero-order valence-electron chi connectivity index (χ0n) is 7.68. The predicted octanol–water partition coefficient (Wildman–Crippen LogP) is 1.99. The van der Waals surface area contributed by atoms with Crippen LogP contribution in [0.15, 0.2) is 29.4 Å². The summed E-state index contributed by atoms with van der Waals surface area (Å²) in [6.45, 7) is 2.06. The average Bonchev–Trinajstić information content (AvgIpc) is 2.65. The van der Waals surface area contributed by atoms with Crippen LogP contribution in [0.2, 0.25) is 0 Å². The van der Waals surface area contributed by atoms with E-state index in [2.05, 4.69) is 37.8 Å². The minimum atomic E-state index is 0.776. The van der Waals surface area contributed by atoms with Gasteiger partial charge in [0.25, 0.3) is 0 Å². The van der Waals surface area contributed by atoms with Gasteiger partial charge in [-0.2, -0.15) is 0 Å². The first-order chi connectivity index (χ1) is 6.81. The van der Waals surface area contributed by atoms with E-state index in [1.807, 2.05) is 16.8 Å². The van der Waals surface area contributed by atoms with Crippen LogP contribution in [0.25, 0.3) is 5.82 Å². The highest BCUT2D eigenvalue weighted by Crippen LogP contribution is 2.11. The molecule has 72 valence electrons. The monoisotopic (exact) mass is 252 g/mol. The predicted molar refractivity (Wildman–Crippen MR) is 56.2 cm³/mol. The Bertz CT molecular complexity index is 438. The van der Waals surface area contributed by atoms with Gasteiger partial charge in [0.05, 0.1) is 0 Å². The second-order valence-corrected chi connectivity index (χ2v) is 3.58. The lowest BCUT2D eigenvalue weighted by molar-refractivity contribution is 0.859. The molecule has 0 N–H and O–H groups in total. The number of aryl methyl sites for hydroxylation is 1. The van der Waals surface area contributed by atoms with Crippen LogP contribution in [0.3, 0.4) is 0 Å². The molecule has 0 saturated heterocycles. The third kappa shape index (κ3) is 1.68. The van der Waals surface area contributed by atoms with Gasteiger partial charge in [0.2, 0.25) is 0 Å². The average molecular weight is 253 g/mol. The van der Waals surface area contributed by atoms with Gasteiger partial charge in [-0.15, -0.1) is 0 Å². The lowest BCUT2D eigenvalue weighted by atomic mass is 10.4. The number of nitrogens with zero attached hydrogens (tertiary/aromatic N) is 4. The molecule has 0 aliphatic heterocycles. The Morgan fingerprint density at radius 2 is 2.21 bits per heavy atom. The van der Waals surface area contributed by atoms with Gasteiger partial charge in [-0.1, -0.05) is 6.92 Å². The maximum atomic E-state index is 4.23. The molecule has 0 fully saturated rings. The molecule has 2 heterocycles. The summed E-state index contributed by atoms with van der Waals surface area (Å²) in [5, 5.41) is 0. The molecular weight excluding hydrogens is 244 g/mol. The summed E-state index contributed by atoms with van der Waals surface area (Å²) in [6.07, 6.45) is 6.08. The van der Waals surface area contributed by atoms with Crippen molar-refractivity contribution < 1.29 is 0 Å². The first kappa shape index (κ1) is 9.33. The van der Waals surface area contributed by atoms with Gasteiger partial charge in [0.15, 0.2) is 0 Å². The van der Waals surface area contributed by atoms with Crippen molar-refractivity contribution in [1.82, 2.24) is 19.5 Å². The van der Waals surface area contributed by atoms with Crippen molar-refractivity contribution in [2.24, 2.45) is 0 Å². The number of rotatable bonds is 2. The first-order valence-corrected chi connectivity index (χ1v) is 5.10. The highest BCUT2D eigenvalue weighted by atomic mass is 79.9. The molecule has 0 bridgehead atoms. The Hall–Kier alpha value is -1.23. The molecule has 2 rings (SSSR count). The van der Waals surface area contributed by atoms with Gasteiger partial charge in [-0.25, -0.2) is 15.0 Å². The Kier molecular flexibility index (Phi) is 2.58. The summed E-state index contributed by atoms with van der Waals surface area (Å²) in [5.74, 6) is 1.83. The fraction of sp³-hybridized carbons (Fsp3) is 0.222. The molecular formula is C9H9BrN4. The van der Waals surface area contributed by atoms with Gasteiger partial charge in [0, 0.05) is 24.9 Å². The minimum absolute atomic E-state index is 0.776. The van der Waals surface area contributed by atoms with E-state index in [9.17, 15) is 0 Å². The summed E-state index contributed by atoms with van der Waals surface area (Å²) in [7, 11) is 0. The van der Waals surface area contributed by atoms with Crippen molar-refractivity contribution in [1.29, 1.82) is 0 Å². The molecule has 4 nitrogen and oxygen atoms in total. The number of imidazole rings is 1. The lowest BCUT2D eigenvalue weighted by Crippen LogP contribution is -2.01. The second-order valence-electron chi connectivity index (χ2n) is 2.77. The number of aromatic nitrogens is 4. The summed E-state index contributed by atoms with van der Waals surface area (Å²) < 4.78 is 2.73. The third-order valence-corrected chi connectivity index (χ3v) is 2.33. The molecule has 2 aromatic heterocycles. The first-order valence-electron chi connectivity index (χ1n) is 4.31. The van der Waals surface area contributed by atoms with E-state index in [0.29, 0.717) is 0 Å². The van der Waals surface area contributed by atoms with Gasteiger partial charge < -0.3 is 0 Å². The number of hydrogen-bond acceptors (Lipinski definition) is 3. The van der Waals surface area contributed by atoms with Crippen molar-refractivity contribution in [2.75, 3.05) is 0 Å². The Balaban J connectivity index is 2.49. The molecule has 0 atom stereocenters. The molecule has 2 aromatic rings. The fourth-order valence-corrected chi connectivity index (χ4v) is 1.56. The largest absolute Gasteiger partial charge is 0.288 e. The topological polar surface area (TPSA) is 43.6 Å². The smallest absolute Gasteiger partial charge is 0.142 e. The van der Waals surface area contributed by atoms with Crippen LogP contribution < -0.4 is 0 Å². The van der Waals surface area contributed by atoms with Crippen molar-refractivity contribution >= 4 is 15.9 Å². The Labute approximate surface area is 90.2 Å². The summed E-state index contributed by atoms with van der Waals surface area (Å²) in [5.41, 5.74) is 0. The highest BCUT2D eigenvalue weighted by Gasteiger charge is 2.04. The molecule has 0 aromatic carbocycles. The van der Waals surface area contributed by atoms with Crippen LogP contribution in [0.4, 0.5) is 0 Å². The highest BCUT2D eigenvalue weighted by molar-refractivity contribution is 9.10. The molecule has 0 aliphatic carbocycles. The standard InChI is InChI=1S/C9H9BrN4/c1-2-8-11-3-4-14(8)9-5-7(10)12-6-13-9/h3-6H,2H2,1H3. The zero-order chi connectivity index (χ0) is 9.97. The quantitative estimate of drug-likeness (QED) is 0.768. The summed E-state index contributed by atoms with van der Waals surface area (Å²) in [6, 6.07) is 1.86. The maximum absolute atomic E-state index is 4.23. The van der Waals surface area contributed by atoms with E-state index in [0.717, 1.165) is 22.7 Å².